The number of aromatic nitrogens is 2. The van der Waals surface area contributed by atoms with Crippen molar-refractivity contribution in [2.75, 3.05) is 52.3 Å². The zero-order valence-corrected chi connectivity index (χ0v) is 17.5. The second kappa shape index (κ2) is 10.2. The predicted octanol–water partition coefficient (Wildman–Crippen LogP) is 1.22. The molecule has 28 heavy (non-hydrogen) atoms. The number of carbonyl (C=O) groups excluding carboxylic acids is 2. The van der Waals surface area contributed by atoms with Crippen LogP contribution >= 0.6 is 0 Å². The van der Waals surface area contributed by atoms with Crippen LogP contribution in [0.3, 0.4) is 0 Å². The zero-order chi connectivity index (χ0) is 20.7. The highest BCUT2D eigenvalue weighted by molar-refractivity contribution is 5.95. The van der Waals surface area contributed by atoms with E-state index in [4.69, 9.17) is 4.74 Å². The van der Waals surface area contributed by atoms with E-state index < -0.39 is 0 Å². The highest BCUT2D eigenvalue weighted by Crippen LogP contribution is 2.29. The topological polar surface area (TPSA) is 99.7 Å². The third-order valence-electron chi connectivity index (χ3n) is 4.53. The summed E-state index contributed by atoms with van der Waals surface area (Å²) in [6.07, 6.45) is 3.12. The lowest BCUT2D eigenvalue weighted by atomic mass is 9.99. The average molecular weight is 393 g/mol. The Morgan fingerprint density at radius 3 is 2.79 bits per heavy atom. The molecule has 1 fully saturated rings. The molecule has 3 amide bonds. The molecule has 1 aliphatic rings. The van der Waals surface area contributed by atoms with Gasteiger partial charge in [0, 0.05) is 65.6 Å². The first-order valence-corrected chi connectivity index (χ1v) is 9.70. The van der Waals surface area contributed by atoms with Gasteiger partial charge in [0.25, 0.3) is 5.91 Å². The van der Waals surface area contributed by atoms with Crippen LogP contribution in [-0.4, -0.2) is 80.3 Å². The van der Waals surface area contributed by atoms with Crippen molar-refractivity contribution in [2.45, 2.75) is 38.6 Å². The molecule has 0 bridgehead atoms. The largest absolute Gasteiger partial charge is 0.385 e. The zero-order valence-electron chi connectivity index (χ0n) is 17.5. The van der Waals surface area contributed by atoms with Gasteiger partial charge in [0.2, 0.25) is 5.95 Å². The van der Waals surface area contributed by atoms with Crippen LogP contribution in [-0.2, 0) is 4.74 Å². The van der Waals surface area contributed by atoms with Gasteiger partial charge in [-0.2, -0.15) is 0 Å². The van der Waals surface area contributed by atoms with Crippen LogP contribution in [0.15, 0.2) is 6.20 Å². The summed E-state index contributed by atoms with van der Waals surface area (Å²) in [5, 5.41) is 5.82. The van der Waals surface area contributed by atoms with Gasteiger partial charge in [-0.25, -0.2) is 14.8 Å². The Kier molecular flexibility index (Phi) is 7.98. The molecule has 2 N–H and O–H groups in total. The number of anilines is 1. The van der Waals surface area contributed by atoms with E-state index in [2.05, 4.69) is 20.6 Å². The van der Waals surface area contributed by atoms with E-state index in [0.717, 1.165) is 12.8 Å². The molecule has 2 heterocycles. The molecule has 0 saturated carbocycles. The van der Waals surface area contributed by atoms with Crippen molar-refractivity contribution >= 4 is 17.9 Å². The van der Waals surface area contributed by atoms with Crippen molar-refractivity contribution in [3.8, 4) is 0 Å². The average Bonchev–Trinajstić information content (AvgIpc) is 3.14. The summed E-state index contributed by atoms with van der Waals surface area (Å²) in [4.78, 5) is 37.5. The Bertz CT molecular complexity index is 680. The molecule has 1 aliphatic heterocycles. The number of rotatable bonds is 8. The maximum Gasteiger partial charge on any atom is 0.317 e. The van der Waals surface area contributed by atoms with Gasteiger partial charge in [-0.05, 0) is 26.7 Å². The summed E-state index contributed by atoms with van der Waals surface area (Å²) in [6, 6.07) is -0.0690. The molecule has 156 valence electrons. The van der Waals surface area contributed by atoms with Gasteiger partial charge in [0.15, 0.2) is 0 Å². The van der Waals surface area contributed by atoms with Gasteiger partial charge in [-0.1, -0.05) is 0 Å². The van der Waals surface area contributed by atoms with Gasteiger partial charge in [0.1, 0.15) is 0 Å². The van der Waals surface area contributed by atoms with E-state index in [9.17, 15) is 9.59 Å². The Labute approximate surface area is 166 Å². The Morgan fingerprint density at radius 2 is 2.14 bits per heavy atom. The monoisotopic (exact) mass is 392 g/mol. The van der Waals surface area contributed by atoms with Crippen LogP contribution in [0.4, 0.5) is 10.7 Å². The Hall–Kier alpha value is -2.42. The number of carbonyl (C=O) groups is 2. The number of urea groups is 1. The maximum absolute atomic E-state index is 12.6. The van der Waals surface area contributed by atoms with Crippen LogP contribution in [0.5, 0.6) is 0 Å². The Balaban J connectivity index is 2.13. The number of hydrogen-bond donors (Lipinski definition) is 2. The molecular formula is C19H32N6O3. The number of likely N-dealkylation sites (tertiary alicyclic amines) is 1. The van der Waals surface area contributed by atoms with Crippen LogP contribution in [0, 0.1) is 0 Å². The van der Waals surface area contributed by atoms with E-state index in [1.54, 1.807) is 18.2 Å². The predicted molar refractivity (Wildman–Crippen MR) is 108 cm³/mol. The Morgan fingerprint density at radius 1 is 1.39 bits per heavy atom. The van der Waals surface area contributed by atoms with E-state index in [-0.39, 0.29) is 23.9 Å². The molecule has 1 atom stereocenters. The van der Waals surface area contributed by atoms with E-state index >= 15 is 0 Å². The molecule has 9 heteroatoms. The first kappa shape index (κ1) is 21.9. The first-order valence-electron chi connectivity index (χ1n) is 9.70. The molecule has 1 aromatic rings. The number of amides is 3. The number of ether oxygens (including phenoxy) is 1. The molecule has 0 radical (unpaired) electrons. The highest BCUT2D eigenvalue weighted by atomic mass is 16.5. The minimum absolute atomic E-state index is 0.000614. The lowest BCUT2D eigenvalue weighted by molar-refractivity contribution is 0.0941. The molecule has 1 aromatic heterocycles. The SMILES string of the molecule is COCCCNC(=O)N1CCC(c2nc(N(C)C)ncc2C(=O)NC(C)C)C1. The fourth-order valence-electron chi connectivity index (χ4n) is 3.12. The van der Waals surface area contributed by atoms with E-state index in [1.165, 1.54) is 0 Å². The molecule has 0 aliphatic carbocycles. The van der Waals surface area contributed by atoms with Crippen molar-refractivity contribution in [2.24, 2.45) is 0 Å². The highest BCUT2D eigenvalue weighted by Gasteiger charge is 2.31. The van der Waals surface area contributed by atoms with Crippen LogP contribution in [0.2, 0.25) is 0 Å². The first-order chi connectivity index (χ1) is 13.3. The summed E-state index contributed by atoms with van der Waals surface area (Å²) < 4.78 is 5.00. The minimum Gasteiger partial charge on any atom is -0.385 e. The third-order valence-corrected chi connectivity index (χ3v) is 4.53. The van der Waals surface area contributed by atoms with Crippen molar-refractivity contribution in [3.63, 3.8) is 0 Å². The van der Waals surface area contributed by atoms with E-state index in [1.807, 2.05) is 32.8 Å². The number of hydrogen-bond acceptors (Lipinski definition) is 6. The molecule has 0 spiro atoms. The molecule has 1 unspecified atom stereocenters. The summed E-state index contributed by atoms with van der Waals surface area (Å²) in [6.45, 7) is 6.19. The fraction of sp³-hybridized carbons (Fsp3) is 0.684. The molecule has 1 saturated heterocycles. The van der Waals surface area contributed by atoms with Crippen LogP contribution in [0.25, 0.3) is 0 Å². The summed E-state index contributed by atoms with van der Waals surface area (Å²) in [5.41, 5.74) is 1.18. The van der Waals surface area contributed by atoms with Crippen LogP contribution in [0.1, 0.15) is 48.7 Å². The summed E-state index contributed by atoms with van der Waals surface area (Å²) >= 11 is 0. The molecule has 0 aromatic carbocycles. The lowest BCUT2D eigenvalue weighted by Gasteiger charge is -2.20. The van der Waals surface area contributed by atoms with Gasteiger partial charge in [-0.15, -0.1) is 0 Å². The van der Waals surface area contributed by atoms with Crippen molar-refractivity contribution in [1.82, 2.24) is 25.5 Å². The van der Waals surface area contributed by atoms with Gasteiger partial charge >= 0.3 is 6.03 Å². The lowest BCUT2D eigenvalue weighted by Crippen LogP contribution is -2.39. The van der Waals surface area contributed by atoms with Gasteiger partial charge < -0.3 is 25.2 Å². The minimum atomic E-state index is -0.183. The summed E-state index contributed by atoms with van der Waals surface area (Å²) in [7, 11) is 5.37. The number of nitrogens with zero attached hydrogens (tertiary/aromatic N) is 4. The normalized spacial score (nSPS) is 16.4. The van der Waals surface area contributed by atoms with Crippen molar-refractivity contribution in [1.29, 1.82) is 0 Å². The van der Waals surface area contributed by atoms with Crippen LogP contribution < -0.4 is 15.5 Å². The van der Waals surface area contributed by atoms with Crippen molar-refractivity contribution < 1.29 is 14.3 Å². The van der Waals surface area contributed by atoms with Gasteiger partial charge in [-0.3, -0.25) is 4.79 Å². The fourth-order valence-corrected chi connectivity index (χ4v) is 3.12. The molecule has 9 nitrogen and oxygen atoms in total. The third kappa shape index (κ3) is 5.79. The molecule has 2 rings (SSSR count). The maximum atomic E-state index is 12.6. The smallest absolute Gasteiger partial charge is 0.317 e. The number of nitrogens with one attached hydrogen (secondary N) is 2. The van der Waals surface area contributed by atoms with Crippen molar-refractivity contribution in [3.05, 3.63) is 17.5 Å². The second-order valence-corrected chi connectivity index (χ2v) is 7.50. The second-order valence-electron chi connectivity index (χ2n) is 7.50. The quantitative estimate of drug-likeness (QED) is 0.645. The standard InChI is InChI=1S/C19H32N6O3/c1-13(2)22-17(26)15-11-21-18(24(3)4)23-16(15)14-7-9-25(12-14)19(27)20-8-6-10-28-5/h11,13-14H,6-10,12H2,1-5H3,(H,20,27)(H,22,26). The van der Waals surface area contributed by atoms with E-state index in [0.29, 0.717) is 43.4 Å². The number of methoxy groups -OCH3 is 1. The summed E-state index contributed by atoms with van der Waals surface area (Å²) in [5.74, 6) is 0.371. The molecular weight excluding hydrogens is 360 g/mol. The van der Waals surface area contributed by atoms with Gasteiger partial charge in [0.05, 0.1) is 11.3 Å².